The van der Waals surface area contributed by atoms with Crippen molar-refractivity contribution in [2.24, 2.45) is 0 Å². The van der Waals surface area contributed by atoms with Gasteiger partial charge in [-0.1, -0.05) is 23.4 Å². The third-order valence-corrected chi connectivity index (χ3v) is 5.85. The number of rotatable bonds is 6. The number of carbonyl (C=O) groups excluding carboxylic acids is 2. The Morgan fingerprint density at radius 2 is 1.75 bits per heavy atom. The smallest absolute Gasteiger partial charge is 0.243 e. The van der Waals surface area contributed by atoms with Crippen molar-refractivity contribution in [1.82, 2.24) is 10.3 Å². The Balaban J connectivity index is 1.62. The fourth-order valence-corrected chi connectivity index (χ4v) is 4.18. The van der Waals surface area contributed by atoms with E-state index in [1.807, 2.05) is 32.9 Å². The highest BCUT2D eigenvalue weighted by Gasteiger charge is 2.19. The summed E-state index contributed by atoms with van der Waals surface area (Å²) in [6, 6.07) is 7.64. The number of nitrogens with zero attached hydrogens (tertiary/aromatic N) is 1. The van der Waals surface area contributed by atoms with Crippen LogP contribution in [-0.4, -0.2) is 28.6 Å². The van der Waals surface area contributed by atoms with Gasteiger partial charge in [-0.3, -0.25) is 9.59 Å². The maximum absolute atomic E-state index is 13.7. The normalized spacial score (nSPS) is 12.0. The standard InChI is InChI=1S/C23H22F3N3O2S/c1-11-7-13(3)22-15(8-11)12(2)9-19(29-22)32-14(4)23(31)27-10-18(30)28-17-6-5-16(24)20(25)21(17)26/h5-9,14H,10H2,1-4H3,(H,27,31)(H,28,30)/t14-/m1/s1. The highest BCUT2D eigenvalue weighted by atomic mass is 32.2. The van der Waals surface area contributed by atoms with Crippen molar-refractivity contribution in [1.29, 1.82) is 0 Å². The number of hydrogen-bond acceptors (Lipinski definition) is 4. The van der Waals surface area contributed by atoms with E-state index >= 15 is 0 Å². The topological polar surface area (TPSA) is 71.1 Å². The first-order chi connectivity index (χ1) is 15.1. The molecule has 3 aromatic rings. The van der Waals surface area contributed by atoms with Crippen molar-refractivity contribution >= 4 is 40.2 Å². The fourth-order valence-electron chi connectivity index (χ4n) is 3.24. The van der Waals surface area contributed by atoms with Crippen molar-refractivity contribution in [3.05, 3.63) is 64.5 Å². The summed E-state index contributed by atoms with van der Waals surface area (Å²) < 4.78 is 39.9. The maximum Gasteiger partial charge on any atom is 0.243 e. The highest BCUT2D eigenvalue weighted by molar-refractivity contribution is 8.00. The molecular weight excluding hydrogens is 439 g/mol. The molecule has 0 saturated heterocycles. The second kappa shape index (κ2) is 9.60. The van der Waals surface area contributed by atoms with Crippen molar-refractivity contribution < 1.29 is 22.8 Å². The zero-order valence-electron chi connectivity index (χ0n) is 18.0. The van der Waals surface area contributed by atoms with Crippen molar-refractivity contribution in [2.45, 2.75) is 38.0 Å². The molecule has 32 heavy (non-hydrogen) atoms. The molecule has 0 aliphatic carbocycles. The Bertz CT molecular complexity index is 1220. The lowest BCUT2D eigenvalue weighted by Gasteiger charge is -2.14. The molecule has 0 aliphatic rings. The third-order valence-electron chi connectivity index (χ3n) is 4.83. The van der Waals surface area contributed by atoms with Crippen molar-refractivity contribution in [3.63, 3.8) is 0 Å². The third kappa shape index (κ3) is 5.21. The van der Waals surface area contributed by atoms with Gasteiger partial charge in [0, 0.05) is 5.39 Å². The lowest BCUT2D eigenvalue weighted by Crippen LogP contribution is -2.37. The first kappa shape index (κ1) is 23.6. The SMILES string of the molecule is Cc1cc(C)c2nc(S[C@H](C)C(=O)NCC(=O)Nc3ccc(F)c(F)c3F)cc(C)c2c1. The minimum atomic E-state index is -1.68. The van der Waals surface area contributed by atoms with Crippen molar-refractivity contribution in [2.75, 3.05) is 11.9 Å². The van der Waals surface area contributed by atoms with E-state index in [1.54, 1.807) is 6.92 Å². The van der Waals surface area contributed by atoms with Crippen LogP contribution in [-0.2, 0) is 9.59 Å². The summed E-state index contributed by atoms with van der Waals surface area (Å²) in [5.41, 5.74) is 3.61. The van der Waals surface area contributed by atoms with E-state index < -0.39 is 46.7 Å². The minimum absolute atomic E-state index is 0.420. The number of amides is 2. The Kier molecular flexibility index (Phi) is 7.08. The van der Waals surface area contributed by atoms with Gasteiger partial charge >= 0.3 is 0 Å². The Morgan fingerprint density at radius 3 is 2.47 bits per heavy atom. The molecule has 0 saturated carbocycles. The van der Waals surface area contributed by atoms with Gasteiger partial charge in [-0.2, -0.15) is 0 Å². The number of halogens is 3. The van der Waals surface area contributed by atoms with E-state index in [2.05, 4.69) is 21.7 Å². The molecule has 2 N–H and O–H groups in total. The summed E-state index contributed by atoms with van der Waals surface area (Å²) in [6.07, 6.45) is 0. The second-order valence-corrected chi connectivity index (χ2v) is 8.87. The zero-order chi connectivity index (χ0) is 23.6. The van der Waals surface area contributed by atoms with Gasteiger partial charge in [0.05, 0.1) is 28.0 Å². The van der Waals surface area contributed by atoms with E-state index in [4.69, 9.17) is 0 Å². The van der Waals surface area contributed by atoms with Crippen LogP contribution in [0.3, 0.4) is 0 Å². The second-order valence-electron chi connectivity index (χ2n) is 7.50. The van der Waals surface area contributed by atoms with Gasteiger partial charge < -0.3 is 10.6 Å². The van der Waals surface area contributed by atoms with Crippen LogP contribution in [0.1, 0.15) is 23.6 Å². The van der Waals surface area contributed by atoms with Crippen LogP contribution in [0.5, 0.6) is 0 Å². The quantitative estimate of drug-likeness (QED) is 0.408. The summed E-state index contributed by atoms with van der Waals surface area (Å²) >= 11 is 1.25. The molecule has 2 amide bonds. The van der Waals surface area contributed by atoms with Crippen LogP contribution in [0.25, 0.3) is 10.9 Å². The number of benzene rings is 2. The molecule has 0 spiro atoms. The molecule has 0 unspecified atom stereocenters. The number of fused-ring (bicyclic) bond motifs is 1. The van der Waals surface area contributed by atoms with Gasteiger partial charge in [0.25, 0.3) is 0 Å². The van der Waals surface area contributed by atoms with E-state index in [1.165, 1.54) is 11.8 Å². The van der Waals surface area contributed by atoms with Gasteiger partial charge in [-0.15, -0.1) is 0 Å². The molecule has 168 valence electrons. The lowest BCUT2D eigenvalue weighted by molar-refractivity contribution is -0.123. The minimum Gasteiger partial charge on any atom is -0.346 e. The molecule has 1 heterocycles. The summed E-state index contributed by atoms with van der Waals surface area (Å²) in [5, 5.41) is 5.74. The number of aromatic nitrogens is 1. The largest absolute Gasteiger partial charge is 0.346 e. The van der Waals surface area contributed by atoms with E-state index in [0.29, 0.717) is 11.1 Å². The summed E-state index contributed by atoms with van der Waals surface area (Å²) in [7, 11) is 0. The van der Waals surface area contributed by atoms with Crippen LogP contribution < -0.4 is 10.6 Å². The predicted molar refractivity (Wildman–Crippen MR) is 119 cm³/mol. The van der Waals surface area contributed by atoms with E-state index in [-0.39, 0.29) is 0 Å². The van der Waals surface area contributed by atoms with Gasteiger partial charge in [0.2, 0.25) is 11.8 Å². The van der Waals surface area contributed by atoms with E-state index in [9.17, 15) is 22.8 Å². The van der Waals surface area contributed by atoms with Crippen molar-refractivity contribution in [3.8, 4) is 0 Å². The first-order valence-electron chi connectivity index (χ1n) is 9.83. The number of thioether (sulfide) groups is 1. The number of carbonyl (C=O) groups is 2. The lowest BCUT2D eigenvalue weighted by atomic mass is 10.0. The molecule has 0 fully saturated rings. The van der Waals surface area contributed by atoms with Crippen LogP contribution in [0.15, 0.2) is 35.4 Å². The maximum atomic E-state index is 13.7. The average Bonchev–Trinajstić information content (AvgIpc) is 2.73. The van der Waals surface area contributed by atoms with Gasteiger partial charge in [0.15, 0.2) is 17.5 Å². The molecule has 1 atom stereocenters. The molecule has 0 radical (unpaired) electrons. The van der Waals surface area contributed by atoms with E-state index in [0.717, 1.165) is 33.7 Å². The zero-order valence-corrected chi connectivity index (χ0v) is 18.8. The van der Waals surface area contributed by atoms with Gasteiger partial charge in [-0.25, -0.2) is 18.2 Å². The summed E-state index contributed by atoms with van der Waals surface area (Å²) in [6.45, 7) is 7.22. The Hall–Kier alpha value is -3.07. The monoisotopic (exact) mass is 461 g/mol. The summed E-state index contributed by atoms with van der Waals surface area (Å²) in [4.78, 5) is 29.1. The Labute approximate surface area is 187 Å². The molecular formula is C23H22F3N3O2S. The molecule has 3 rings (SSSR count). The molecule has 5 nitrogen and oxygen atoms in total. The van der Waals surface area contributed by atoms with Crippen LogP contribution in [0.2, 0.25) is 0 Å². The fraction of sp³-hybridized carbons (Fsp3) is 0.261. The number of nitrogens with one attached hydrogen (secondary N) is 2. The molecule has 2 aromatic carbocycles. The highest BCUT2D eigenvalue weighted by Crippen LogP contribution is 2.29. The number of hydrogen-bond donors (Lipinski definition) is 2. The molecule has 9 heteroatoms. The average molecular weight is 462 g/mol. The molecule has 0 bridgehead atoms. The first-order valence-corrected chi connectivity index (χ1v) is 10.7. The molecule has 1 aromatic heterocycles. The van der Waals surface area contributed by atoms with Crippen LogP contribution >= 0.6 is 11.8 Å². The summed E-state index contributed by atoms with van der Waals surface area (Å²) in [5.74, 6) is -5.73. The number of aryl methyl sites for hydroxylation is 3. The van der Waals surface area contributed by atoms with Crippen LogP contribution in [0, 0.1) is 38.2 Å². The van der Waals surface area contributed by atoms with Crippen LogP contribution in [0.4, 0.5) is 18.9 Å². The van der Waals surface area contributed by atoms with Gasteiger partial charge in [0.1, 0.15) is 0 Å². The Morgan fingerprint density at radius 1 is 1.03 bits per heavy atom. The predicted octanol–water partition coefficient (Wildman–Crippen LogP) is 4.81. The molecule has 0 aliphatic heterocycles. The number of anilines is 1. The van der Waals surface area contributed by atoms with Gasteiger partial charge in [-0.05, 0) is 63.1 Å². The number of pyridine rings is 1.